The molecule has 3 aromatic carbocycles. The number of carboxylic acids is 1. The van der Waals surface area contributed by atoms with E-state index in [0.29, 0.717) is 0 Å². The minimum Gasteiger partial charge on any atom is -0.481 e. The van der Waals surface area contributed by atoms with Gasteiger partial charge in [-0.2, -0.15) is 0 Å². The molecule has 196 valence electrons. The van der Waals surface area contributed by atoms with E-state index >= 15 is 0 Å². The number of hydrogen-bond acceptors (Lipinski definition) is 4. The fourth-order valence-electron chi connectivity index (χ4n) is 5.45. The number of nitrogens with one attached hydrogen (secondary N) is 1. The van der Waals surface area contributed by atoms with Crippen molar-refractivity contribution >= 4 is 18.0 Å². The molecule has 1 atom stereocenters. The lowest BCUT2D eigenvalue weighted by Crippen LogP contribution is -2.59. The Kier molecular flexibility index (Phi) is 7.18. The van der Waals surface area contributed by atoms with Crippen LogP contribution < -0.4 is 5.32 Å². The van der Waals surface area contributed by atoms with Gasteiger partial charge in [-0.3, -0.25) is 9.59 Å². The van der Waals surface area contributed by atoms with Crippen molar-refractivity contribution in [2.75, 3.05) is 13.2 Å². The fraction of sp³-hybridized carbons (Fsp3) is 0.323. The second-order valence-corrected chi connectivity index (χ2v) is 10.3. The van der Waals surface area contributed by atoms with Crippen LogP contribution in [0.25, 0.3) is 11.1 Å². The molecule has 0 bridgehead atoms. The van der Waals surface area contributed by atoms with E-state index in [1.165, 1.54) is 4.90 Å². The third kappa shape index (κ3) is 5.28. The van der Waals surface area contributed by atoms with Gasteiger partial charge in [0, 0.05) is 19.0 Å². The molecule has 0 heterocycles. The maximum atomic E-state index is 13.8. The Morgan fingerprint density at radius 3 is 2.08 bits per heavy atom. The van der Waals surface area contributed by atoms with Crippen LogP contribution in [0.15, 0.2) is 78.9 Å². The lowest BCUT2D eigenvalue weighted by molar-refractivity contribution is -0.142. The zero-order valence-electron chi connectivity index (χ0n) is 21.4. The maximum Gasteiger partial charge on any atom is 0.408 e. The highest BCUT2D eigenvalue weighted by atomic mass is 16.5. The molecule has 0 aromatic heterocycles. The Morgan fingerprint density at radius 1 is 0.921 bits per heavy atom. The highest BCUT2D eigenvalue weighted by Gasteiger charge is 2.50. The third-order valence-electron chi connectivity index (χ3n) is 7.64. The van der Waals surface area contributed by atoms with Crippen LogP contribution in [0.3, 0.4) is 0 Å². The Morgan fingerprint density at radius 2 is 1.50 bits per heavy atom. The van der Waals surface area contributed by atoms with Gasteiger partial charge in [0.25, 0.3) is 0 Å². The molecule has 1 unspecified atom stereocenters. The molecule has 7 heteroatoms. The van der Waals surface area contributed by atoms with E-state index in [1.807, 2.05) is 54.6 Å². The lowest BCUT2D eigenvalue weighted by atomic mass is 9.93. The van der Waals surface area contributed by atoms with E-state index in [9.17, 15) is 19.5 Å². The number of nitrogens with zero attached hydrogens (tertiary/aromatic N) is 1. The van der Waals surface area contributed by atoms with Crippen molar-refractivity contribution in [2.45, 2.75) is 44.2 Å². The summed E-state index contributed by atoms with van der Waals surface area (Å²) < 4.78 is 5.74. The lowest BCUT2D eigenvalue weighted by Gasteiger charge is -2.35. The molecule has 0 spiro atoms. The SMILES string of the molecule is CC(NC(=O)OCC1c2ccccc2-c2ccccc21)(C(=O)N(CCC(=O)O)Cc1ccccc1)C1CC1. The van der Waals surface area contributed by atoms with Crippen LogP contribution in [0.2, 0.25) is 0 Å². The molecule has 2 N–H and O–H groups in total. The molecule has 0 saturated heterocycles. The van der Waals surface area contributed by atoms with Crippen LogP contribution in [0.4, 0.5) is 4.79 Å². The molecule has 2 aliphatic carbocycles. The number of benzene rings is 3. The zero-order valence-corrected chi connectivity index (χ0v) is 21.4. The van der Waals surface area contributed by atoms with Gasteiger partial charge in [0.05, 0.1) is 6.42 Å². The molecule has 1 fully saturated rings. The van der Waals surface area contributed by atoms with E-state index < -0.39 is 17.6 Å². The number of rotatable bonds is 10. The maximum absolute atomic E-state index is 13.8. The van der Waals surface area contributed by atoms with Gasteiger partial charge in [-0.25, -0.2) is 4.79 Å². The quantitative estimate of drug-likeness (QED) is 0.389. The second kappa shape index (κ2) is 10.7. The predicted octanol–water partition coefficient (Wildman–Crippen LogP) is 5.20. The number of fused-ring (bicyclic) bond motifs is 3. The number of aliphatic carboxylic acids is 1. The van der Waals surface area contributed by atoms with Crippen LogP contribution >= 0.6 is 0 Å². The molecular weight excluding hydrogens is 480 g/mol. The number of alkyl carbamates (subject to hydrolysis) is 1. The van der Waals surface area contributed by atoms with Gasteiger partial charge in [0.1, 0.15) is 12.1 Å². The van der Waals surface area contributed by atoms with Gasteiger partial charge < -0.3 is 20.1 Å². The summed E-state index contributed by atoms with van der Waals surface area (Å²) in [5, 5.41) is 12.1. The van der Waals surface area contributed by atoms with E-state index in [4.69, 9.17) is 4.74 Å². The van der Waals surface area contributed by atoms with Crippen LogP contribution in [0, 0.1) is 5.92 Å². The smallest absolute Gasteiger partial charge is 0.408 e. The first-order chi connectivity index (χ1) is 18.4. The van der Waals surface area contributed by atoms with Gasteiger partial charge in [-0.05, 0) is 53.5 Å². The van der Waals surface area contributed by atoms with Crippen molar-refractivity contribution in [3.63, 3.8) is 0 Å². The molecular formula is C31H32N2O5. The first-order valence-corrected chi connectivity index (χ1v) is 13.0. The third-order valence-corrected chi connectivity index (χ3v) is 7.64. The fourth-order valence-corrected chi connectivity index (χ4v) is 5.45. The number of ether oxygens (including phenoxy) is 1. The number of carboxylic acid groups (broad SMARTS) is 1. The number of carbonyl (C=O) groups is 3. The molecule has 0 aliphatic heterocycles. The molecule has 0 radical (unpaired) electrons. The Hall–Kier alpha value is -4.13. The van der Waals surface area contributed by atoms with E-state index in [0.717, 1.165) is 40.7 Å². The van der Waals surface area contributed by atoms with Crippen LogP contribution in [0.5, 0.6) is 0 Å². The molecule has 5 rings (SSSR count). The summed E-state index contributed by atoms with van der Waals surface area (Å²) >= 11 is 0. The van der Waals surface area contributed by atoms with Gasteiger partial charge in [-0.15, -0.1) is 0 Å². The summed E-state index contributed by atoms with van der Waals surface area (Å²) in [6.45, 7) is 2.20. The van der Waals surface area contributed by atoms with Crippen LogP contribution in [0.1, 0.15) is 48.8 Å². The summed E-state index contributed by atoms with van der Waals surface area (Å²) in [4.78, 5) is 39.8. The molecule has 38 heavy (non-hydrogen) atoms. The van der Waals surface area contributed by atoms with Crippen molar-refractivity contribution in [1.82, 2.24) is 10.2 Å². The number of carbonyl (C=O) groups excluding carboxylic acids is 2. The zero-order chi connectivity index (χ0) is 26.7. The normalized spacial score (nSPS) is 15.6. The molecule has 3 aromatic rings. The van der Waals surface area contributed by atoms with E-state index in [-0.39, 0.29) is 43.9 Å². The Labute approximate surface area is 222 Å². The average molecular weight is 513 g/mol. The van der Waals surface area contributed by atoms with Crippen molar-refractivity contribution in [1.29, 1.82) is 0 Å². The average Bonchev–Trinajstić information content (AvgIpc) is 3.74. The largest absolute Gasteiger partial charge is 0.481 e. The van der Waals surface area contributed by atoms with Gasteiger partial charge in [0.2, 0.25) is 5.91 Å². The first kappa shape index (κ1) is 25.5. The van der Waals surface area contributed by atoms with Crippen molar-refractivity contribution in [3.8, 4) is 11.1 Å². The van der Waals surface area contributed by atoms with E-state index in [2.05, 4.69) is 29.6 Å². The summed E-state index contributed by atoms with van der Waals surface area (Å²) in [6, 6.07) is 25.7. The number of amides is 2. The minimum atomic E-state index is -1.18. The topological polar surface area (TPSA) is 95.9 Å². The molecule has 2 aliphatic rings. The van der Waals surface area contributed by atoms with Crippen molar-refractivity contribution in [2.24, 2.45) is 5.92 Å². The van der Waals surface area contributed by atoms with Crippen LogP contribution in [-0.4, -0.2) is 46.7 Å². The van der Waals surface area contributed by atoms with Gasteiger partial charge in [-0.1, -0.05) is 78.9 Å². The predicted molar refractivity (Wildman–Crippen MR) is 143 cm³/mol. The van der Waals surface area contributed by atoms with Crippen LogP contribution in [-0.2, 0) is 20.9 Å². The van der Waals surface area contributed by atoms with Gasteiger partial charge in [0.15, 0.2) is 0 Å². The monoisotopic (exact) mass is 512 g/mol. The highest BCUT2D eigenvalue weighted by molar-refractivity contribution is 5.90. The van der Waals surface area contributed by atoms with Gasteiger partial charge >= 0.3 is 12.1 Å². The highest BCUT2D eigenvalue weighted by Crippen LogP contribution is 2.45. The Balaban J connectivity index is 1.30. The molecule has 1 saturated carbocycles. The first-order valence-electron chi connectivity index (χ1n) is 13.0. The minimum absolute atomic E-state index is 0.0291. The van der Waals surface area contributed by atoms with Crippen molar-refractivity contribution in [3.05, 3.63) is 95.6 Å². The Bertz CT molecular complexity index is 1290. The summed E-state index contributed by atoms with van der Waals surface area (Å²) in [6.07, 6.45) is 0.797. The van der Waals surface area contributed by atoms with E-state index in [1.54, 1.807) is 6.92 Å². The molecule has 7 nitrogen and oxygen atoms in total. The number of hydrogen-bond donors (Lipinski definition) is 2. The standard InChI is InChI=1S/C31H32N2O5/c1-31(22-15-16-22,29(36)33(18-17-28(34)35)19-21-9-3-2-4-10-21)32-30(37)38-20-27-25-13-7-5-11-23(25)24-12-6-8-14-26(24)27/h2-14,22,27H,15-20H2,1H3,(H,32,37)(H,34,35). The summed E-state index contributed by atoms with van der Waals surface area (Å²) in [5.74, 6) is -1.38. The van der Waals surface area contributed by atoms with Crippen molar-refractivity contribution < 1.29 is 24.2 Å². The summed E-state index contributed by atoms with van der Waals surface area (Å²) in [7, 11) is 0. The molecule has 2 amide bonds. The summed E-state index contributed by atoms with van der Waals surface area (Å²) in [5.41, 5.74) is 4.23. The second-order valence-electron chi connectivity index (χ2n) is 10.3.